The smallest absolute Gasteiger partial charge is 0.276 e. The van der Waals surface area contributed by atoms with Crippen LogP contribution in [0.4, 0.5) is 8.78 Å². The third-order valence-electron chi connectivity index (χ3n) is 1.98. The molecule has 0 amide bonds. The monoisotopic (exact) mass is 257 g/mol. The van der Waals surface area contributed by atoms with E-state index in [0.717, 1.165) is 30.0 Å². The van der Waals surface area contributed by atoms with Crippen LogP contribution in [-0.2, 0) is 12.3 Å². The summed E-state index contributed by atoms with van der Waals surface area (Å²) in [4.78, 5) is 0. The molecule has 0 spiro atoms. The topological polar surface area (TPSA) is 64.9 Å². The van der Waals surface area contributed by atoms with Crippen molar-refractivity contribution in [2.75, 3.05) is 0 Å². The van der Waals surface area contributed by atoms with E-state index in [9.17, 15) is 8.78 Å². The van der Waals surface area contributed by atoms with Crippen LogP contribution < -0.4 is 5.73 Å². The summed E-state index contributed by atoms with van der Waals surface area (Å²) in [6.45, 7) is 0.155. The summed E-state index contributed by atoms with van der Waals surface area (Å²) >= 11 is 1.13. The number of nitrogens with two attached hydrogens (primary N) is 1. The lowest BCUT2D eigenvalue weighted by Crippen LogP contribution is -1.95. The van der Waals surface area contributed by atoms with Gasteiger partial charge in [0.15, 0.2) is 0 Å². The average Bonchev–Trinajstić information content (AvgIpc) is 2.78. The number of halogens is 2. The second-order valence-electron chi connectivity index (χ2n) is 3.19. The Morgan fingerprint density at radius 3 is 2.82 bits per heavy atom. The van der Waals surface area contributed by atoms with E-state index in [4.69, 9.17) is 10.2 Å². The Morgan fingerprint density at radius 2 is 2.12 bits per heavy atom. The molecule has 17 heavy (non-hydrogen) atoms. The van der Waals surface area contributed by atoms with Gasteiger partial charge in [-0.05, 0) is 18.2 Å². The summed E-state index contributed by atoms with van der Waals surface area (Å²) < 4.78 is 31.3. The molecule has 4 nitrogen and oxygen atoms in total. The van der Waals surface area contributed by atoms with Crippen molar-refractivity contribution in [3.8, 4) is 0 Å². The van der Waals surface area contributed by atoms with Crippen LogP contribution in [0.25, 0.3) is 0 Å². The Kier molecular flexibility index (Phi) is 3.70. The Hall–Kier alpha value is -1.47. The van der Waals surface area contributed by atoms with E-state index in [1.807, 2.05) is 0 Å². The number of hydrogen-bond donors (Lipinski definition) is 1. The van der Waals surface area contributed by atoms with Crippen LogP contribution in [0, 0.1) is 11.6 Å². The molecule has 0 fully saturated rings. The molecule has 0 saturated heterocycles. The molecular formula is C10H9F2N3OS. The average molecular weight is 257 g/mol. The van der Waals surface area contributed by atoms with E-state index in [1.165, 1.54) is 0 Å². The van der Waals surface area contributed by atoms with Crippen LogP contribution in [0.5, 0.6) is 0 Å². The highest BCUT2D eigenvalue weighted by Gasteiger charge is 2.08. The van der Waals surface area contributed by atoms with Gasteiger partial charge in [-0.3, -0.25) is 0 Å². The van der Waals surface area contributed by atoms with Crippen LogP contribution in [-0.4, -0.2) is 10.2 Å². The van der Waals surface area contributed by atoms with E-state index in [0.29, 0.717) is 5.89 Å². The molecule has 0 bridgehead atoms. The number of thioether (sulfide) groups is 1. The van der Waals surface area contributed by atoms with Gasteiger partial charge in [0.1, 0.15) is 11.6 Å². The Morgan fingerprint density at radius 1 is 1.29 bits per heavy atom. The van der Waals surface area contributed by atoms with Crippen molar-refractivity contribution < 1.29 is 13.2 Å². The number of benzene rings is 1. The molecular weight excluding hydrogens is 248 g/mol. The molecule has 2 aromatic rings. The summed E-state index contributed by atoms with van der Waals surface area (Å²) in [5, 5.41) is 7.65. The molecule has 0 aliphatic heterocycles. The van der Waals surface area contributed by atoms with Gasteiger partial charge in [0, 0.05) is 11.3 Å². The van der Waals surface area contributed by atoms with E-state index in [-0.39, 0.29) is 23.1 Å². The van der Waals surface area contributed by atoms with Crippen molar-refractivity contribution in [1.82, 2.24) is 10.2 Å². The fourth-order valence-electron chi connectivity index (χ4n) is 1.17. The van der Waals surface area contributed by atoms with Crippen LogP contribution in [0.15, 0.2) is 27.8 Å². The Labute approximate surface area is 100 Å². The largest absolute Gasteiger partial charge is 0.415 e. The molecule has 7 heteroatoms. The van der Waals surface area contributed by atoms with E-state index in [1.54, 1.807) is 0 Å². The van der Waals surface area contributed by atoms with Gasteiger partial charge in [0.2, 0.25) is 5.89 Å². The van der Waals surface area contributed by atoms with Crippen molar-refractivity contribution in [2.45, 2.75) is 17.5 Å². The minimum absolute atomic E-state index is 0.155. The molecule has 1 aromatic heterocycles. The molecule has 0 atom stereocenters. The van der Waals surface area contributed by atoms with Crippen LogP contribution in [0.3, 0.4) is 0 Å². The van der Waals surface area contributed by atoms with Gasteiger partial charge in [-0.2, -0.15) is 0 Å². The first-order valence-corrected chi connectivity index (χ1v) is 5.77. The van der Waals surface area contributed by atoms with Crippen molar-refractivity contribution >= 4 is 11.8 Å². The third-order valence-corrected chi connectivity index (χ3v) is 2.85. The van der Waals surface area contributed by atoms with Gasteiger partial charge >= 0.3 is 0 Å². The first-order valence-electron chi connectivity index (χ1n) is 4.78. The van der Waals surface area contributed by atoms with E-state index in [2.05, 4.69) is 10.2 Å². The van der Waals surface area contributed by atoms with Crippen molar-refractivity contribution in [1.29, 1.82) is 0 Å². The van der Waals surface area contributed by atoms with Crippen LogP contribution in [0.1, 0.15) is 11.5 Å². The summed E-state index contributed by atoms with van der Waals surface area (Å²) in [5.41, 5.74) is 5.55. The van der Waals surface area contributed by atoms with Crippen molar-refractivity contribution in [2.24, 2.45) is 5.73 Å². The number of hydrogen-bond acceptors (Lipinski definition) is 5. The molecule has 0 aliphatic rings. The van der Waals surface area contributed by atoms with Crippen LogP contribution >= 0.6 is 11.8 Å². The summed E-state index contributed by atoms with van der Waals surface area (Å²) in [6.07, 6.45) is 0. The highest BCUT2D eigenvalue weighted by molar-refractivity contribution is 7.98. The second kappa shape index (κ2) is 5.24. The third kappa shape index (κ3) is 3.01. The van der Waals surface area contributed by atoms with Crippen LogP contribution in [0.2, 0.25) is 0 Å². The minimum Gasteiger partial charge on any atom is -0.415 e. The van der Waals surface area contributed by atoms with Gasteiger partial charge in [-0.15, -0.1) is 10.2 Å². The Balaban J connectivity index is 2.04. The van der Waals surface area contributed by atoms with Gasteiger partial charge < -0.3 is 10.2 Å². The first-order chi connectivity index (χ1) is 8.19. The standard InChI is InChI=1S/C10H9F2N3OS/c11-7-1-2-8(12)6(3-7)5-17-10-15-14-9(4-13)16-10/h1-3H,4-5,13H2. The fourth-order valence-corrected chi connectivity index (χ4v) is 1.93. The zero-order chi connectivity index (χ0) is 12.3. The quantitative estimate of drug-likeness (QED) is 0.850. The molecule has 0 radical (unpaired) electrons. The molecule has 0 aliphatic carbocycles. The molecule has 2 rings (SSSR count). The summed E-state index contributed by atoms with van der Waals surface area (Å²) in [5.74, 6) is -0.407. The predicted octanol–water partition coefficient (Wildman–Crippen LogP) is 2.10. The molecule has 1 heterocycles. The molecule has 2 N–H and O–H groups in total. The Bertz CT molecular complexity index is 518. The first kappa shape index (κ1) is 12.0. The van der Waals surface area contributed by atoms with E-state index < -0.39 is 11.6 Å². The van der Waals surface area contributed by atoms with E-state index >= 15 is 0 Å². The molecule has 0 unspecified atom stereocenters. The zero-order valence-electron chi connectivity index (χ0n) is 8.69. The van der Waals surface area contributed by atoms with Crippen molar-refractivity contribution in [3.05, 3.63) is 41.3 Å². The molecule has 0 saturated carbocycles. The van der Waals surface area contributed by atoms with Gasteiger partial charge in [-0.1, -0.05) is 11.8 Å². The number of rotatable bonds is 4. The van der Waals surface area contributed by atoms with Crippen molar-refractivity contribution in [3.63, 3.8) is 0 Å². The normalized spacial score (nSPS) is 10.8. The highest BCUT2D eigenvalue weighted by Crippen LogP contribution is 2.23. The second-order valence-corrected chi connectivity index (χ2v) is 4.12. The lowest BCUT2D eigenvalue weighted by atomic mass is 10.2. The fraction of sp³-hybridized carbons (Fsp3) is 0.200. The van der Waals surface area contributed by atoms with Gasteiger partial charge in [0.25, 0.3) is 5.22 Å². The molecule has 90 valence electrons. The predicted molar refractivity (Wildman–Crippen MR) is 58.1 cm³/mol. The lowest BCUT2D eigenvalue weighted by molar-refractivity contribution is 0.414. The SMILES string of the molecule is NCc1nnc(SCc2cc(F)ccc2F)o1. The number of aromatic nitrogens is 2. The lowest BCUT2D eigenvalue weighted by Gasteiger charge is -2.00. The maximum absolute atomic E-state index is 13.3. The summed E-state index contributed by atoms with van der Waals surface area (Å²) in [7, 11) is 0. The summed E-state index contributed by atoms with van der Waals surface area (Å²) in [6, 6.07) is 3.30. The maximum atomic E-state index is 13.3. The molecule has 1 aromatic carbocycles. The highest BCUT2D eigenvalue weighted by atomic mass is 32.2. The van der Waals surface area contributed by atoms with Gasteiger partial charge in [-0.25, -0.2) is 8.78 Å². The zero-order valence-corrected chi connectivity index (χ0v) is 9.51. The minimum atomic E-state index is -0.477. The van der Waals surface area contributed by atoms with Gasteiger partial charge in [0.05, 0.1) is 6.54 Å². The maximum Gasteiger partial charge on any atom is 0.276 e. The number of nitrogens with zero attached hydrogens (tertiary/aromatic N) is 2.